The second-order valence-electron chi connectivity index (χ2n) is 2.47. The van der Waals surface area contributed by atoms with E-state index in [-0.39, 0.29) is 11.1 Å². The number of alkyl halides is 1. The third kappa shape index (κ3) is 1.79. The molecule has 0 unspecified atom stereocenters. The minimum absolute atomic E-state index is 0.196. The molecule has 0 aromatic heterocycles. The number of hydrogen-bond acceptors (Lipinski definition) is 2. The molecule has 11 heavy (non-hydrogen) atoms. The molecule has 0 heterocycles. The average Bonchev–Trinajstić information content (AvgIpc) is 2.04. The van der Waals surface area contributed by atoms with Gasteiger partial charge in [0.15, 0.2) is 5.78 Å². The Balaban J connectivity index is 2.75. The second-order valence-corrected chi connectivity index (χ2v) is 3.03. The lowest BCUT2D eigenvalue weighted by atomic mass is 9.92. The number of ketones is 1. The number of rotatable bonds is 2. The molecular weight excluding hydrogens is 208 g/mol. The van der Waals surface area contributed by atoms with Gasteiger partial charge in [-0.15, -0.1) is 0 Å². The van der Waals surface area contributed by atoms with Crippen LogP contribution in [0, 0.1) is 0 Å². The van der Waals surface area contributed by atoms with Crippen molar-refractivity contribution in [3.63, 3.8) is 0 Å². The van der Waals surface area contributed by atoms with Gasteiger partial charge in [0.05, 0.1) is 5.33 Å². The van der Waals surface area contributed by atoms with Crippen LogP contribution in [0.15, 0.2) is 24.3 Å². The van der Waals surface area contributed by atoms with Gasteiger partial charge in [-0.25, -0.2) is 0 Å². The van der Waals surface area contributed by atoms with Gasteiger partial charge in [-0.1, -0.05) is 34.2 Å². The zero-order valence-corrected chi connectivity index (χ0v) is 7.54. The molecule has 2 nitrogen and oxygen atoms in total. The summed E-state index contributed by atoms with van der Waals surface area (Å²) >= 11 is 3.02. The van der Waals surface area contributed by atoms with Crippen LogP contribution in [0.4, 0.5) is 0 Å². The molecule has 0 bridgehead atoms. The van der Waals surface area contributed by atoms with Crippen LogP contribution in [-0.2, 0) is 4.79 Å². The number of aliphatic hydroxyl groups is 1. The van der Waals surface area contributed by atoms with Gasteiger partial charge in [0.25, 0.3) is 0 Å². The molecule has 0 saturated carbocycles. The van der Waals surface area contributed by atoms with Gasteiger partial charge in [-0.2, -0.15) is 0 Å². The minimum atomic E-state index is -1.27. The molecule has 1 aliphatic rings. The average molecular weight is 217 g/mol. The number of halogens is 1. The predicted octanol–water partition coefficient (Wildman–Crippen LogP) is 1.20. The lowest BCUT2D eigenvalue weighted by Gasteiger charge is -2.21. The summed E-state index contributed by atoms with van der Waals surface area (Å²) in [4.78, 5) is 11.1. The van der Waals surface area contributed by atoms with E-state index in [0.29, 0.717) is 6.42 Å². The Kier molecular flexibility index (Phi) is 2.62. The number of carbonyl (C=O) groups is 1. The zero-order valence-electron chi connectivity index (χ0n) is 5.96. The summed E-state index contributed by atoms with van der Waals surface area (Å²) < 4.78 is 0. The smallest absolute Gasteiger partial charge is 0.179 e. The molecule has 0 amide bonds. The first-order valence-electron chi connectivity index (χ1n) is 3.35. The molecule has 1 atom stereocenters. The van der Waals surface area contributed by atoms with Gasteiger partial charge < -0.3 is 5.11 Å². The summed E-state index contributed by atoms with van der Waals surface area (Å²) in [6.07, 6.45) is 7.19. The van der Waals surface area contributed by atoms with Crippen LogP contribution >= 0.6 is 15.9 Å². The number of allylic oxidation sites excluding steroid dienone is 2. The number of hydrogen-bond donors (Lipinski definition) is 1. The van der Waals surface area contributed by atoms with Gasteiger partial charge in [0, 0.05) is 6.42 Å². The molecule has 3 heteroatoms. The highest BCUT2D eigenvalue weighted by Crippen LogP contribution is 2.19. The highest BCUT2D eigenvalue weighted by molar-refractivity contribution is 9.09. The van der Waals surface area contributed by atoms with Crippen molar-refractivity contribution in [2.75, 3.05) is 5.33 Å². The number of Topliss-reactive ketones (excluding diaryl/α,β-unsaturated/α-hetero) is 1. The molecule has 60 valence electrons. The quantitative estimate of drug-likeness (QED) is 0.705. The SMILES string of the molecule is O=C(CBr)[C@@]1(O)C=CC=CC1. The third-order valence-electron chi connectivity index (χ3n) is 1.65. The summed E-state index contributed by atoms with van der Waals surface area (Å²) in [6, 6.07) is 0. The first-order chi connectivity index (χ1) is 5.19. The van der Waals surface area contributed by atoms with Crippen LogP contribution < -0.4 is 0 Å². The van der Waals surface area contributed by atoms with Gasteiger partial charge in [0.1, 0.15) is 5.60 Å². The molecule has 1 N–H and O–H groups in total. The summed E-state index contributed by atoms with van der Waals surface area (Å²) in [5.41, 5.74) is -1.27. The lowest BCUT2D eigenvalue weighted by molar-refractivity contribution is -0.129. The Morgan fingerprint density at radius 1 is 1.64 bits per heavy atom. The fourth-order valence-electron chi connectivity index (χ4n) is 0.932. The number of carbonyl (C=O) groups excluding carboxylic acids is 1. The third-order valence-corrected chi connectivity index (χ3v) is 2.16. The van der Waals surface area contributed by atoms with Crippen molar-refractivity contribution < 1.29 is 9.90 Å². The minimum Gasteiger partial charge on any atom is -0.378 e. The van der Waals surface area contributed by atoms with Crippen LogP contribution in [0.25, 0.3) is 0 Å². The molecule has 0 fully saturated rings. The Labute approximate surface area is 73.7 Å². The highest BCUT2D eigenvalue weighted by atomic mass is 79.9. The molecule has 0 aromatic rings. The van der Waals surface area contributed by atoms with E-state index >= 15 is 0 Å². The van der Waals surface area contributed by atoms with Gasteiger partial charge in [-0.3, -0.25) is 4.79 Å². The monoisotopic (exact) mass is 216 g/mol. The van der Waals surface area contributed by atoms with E-state index in [9.17, 15) is 9.90 Å². The molecule has 0 aliphatic heterocycles. The van der Waals surface area contributed by atoms with Crippen LogP contribution in [0.5, 0.6) is 0 Å². The maximum atomic E-state index is 11.1. The van der Waals surface area contributed by atoms with Crippen molar-refractivity contribution in [2.45, 2.75) is 12.0 Å². The molecule has 1 aliphatic carbocycles. The Morgan fingerprint density at radius 2 is 2.36 bits per heavy atom. The lowest BCUT2D eigenvalue weighted by Crippen LogP contribution is -2.37. The first kappa shape index (κ1) is 8.68. The predicted molar refractivity (Wildman–Crippen MR) is 46.6 cm³/mol. The van der Waals surface area contributed by atoms with Crippen molar-refractivity contribution >= 4 is 21.7 Å². The summed E-state index contributed by atoms with van der Waals surface area (Å²) in [7, 11) is 0. The molecule has 0 saturated heterocycles. The highest BCUT2D eigenvalue weighted by Gasteiger charge is 2.31. The van der Waals surface area contributed by atoms with E-state index < -0.39 is 5.60 Å². The standard InChI is InChI=1S/C8H9BrO2/c9-6-7(10)8(11)4-2-1-3-5-8/h1-4,11H,5-6H2/t8-/m1/s1. The van der Waals surface area contributed by atoms with Crippen molar-refractivity contribution in [3.05, 3.63) is 24.3 Å². The summed E-state index contributed by atoms with van der Waals surface area (Å²) in [5.74, 6) is -0.196. The Bertz CT molecular complexity index is 220. The van der Waals surface area contributed by atoms with Crippen molar-refractivity contribution in [1.29, 1.82) is 0 Å². The van der Waals surface area contributed by atoms with E-state index in [1.165, 1.54) is 6.08 Å². The van der Waals surface area contributed by atoms with Gasteiger partial charge in [-0.05, 0) is 6.08 Å². The van der Waals surface area contributed by atoms with Crippen molar-refractivity contribution in [2.24, 2.45) is 0 Å². The van der Waals surface area contributed by atoms with E-state index in [1.807, 2.05) is 6.08 Å². The van der Waals surface area contributed by atoms with E-state index in [0.717, 1.165) is 0 Å². The van der Waals surface area contributed by atoms with Crippen molar-refractivity contribution in [1.82, 2.24) is 0 Å². The molecule has 1 rings (SSSR count). The Morgan fingerprint density at radius 3 is 2.82 bits per heavy atom. The maximum absolute atomic E-state index is 11.1. The molecule has 0 aromatic carbocycles. The van der Waals surface area contributed by atoms with Crippen LogP contribution in [0.1, 0.15) is 6.42 Å². The van der Waals surface area contributed by atoms with Gasteiger partial charge >= 0.3 is 0 Å². The van der Waals surface area contributed by atoms with E-state index in [1.54, 1.807) is 12.2 Å². The van der Waals surface area contributed by atoms with E-state index in [4.69, 9.17) is 0 Å². The van der Waals surface area contributed by atoms with Crippen molar-refractivity contribution in [3.8, 4) is 0 Å². The van der Waals surface area contributed by atoms with Crippen LogP contribution in [0.2, 0.25) is 0 Å². The Hall–Kier alpha value is -0.410. The fraction of sp³-hybridized carbons (Fsp3) is 0.375. The fourth-order valence-corrected chi connectivity index (χ4v) is 1.42. The largest absolute Gasteiger partial charge is 0.378 e. The molecule has 0 spiro atoms. The maximum Gasteiger partial charge on any atom is 0.179 e. The van der Waals surface area contributed by atoms with Crippen LogP contribution in [-0.4, -0.2) is 21.8 Å². The summed E-state index contributed by atoms with van der Waals surface area (Å²) in [6.45, 7) is 0. The van der Waals surface area contributed by atoms with Crippen LogP contribution in [0.3, 0.4) is 0 Å². The summed E-state index contributed by atoms with van der Waals surface area (Å²) in [5, 5.41) is 9.82. The van der Waals surface area contributed by atoms with E-state index in [2.05, 4.69) is 15.9 Å². The molecular formula is C8H9BrO2. The second kappa shape index (κ2) is 3.32. The normalized spacial score (nSPS) is 28.9. The molecule has 0 radical (unpaired) electrons. The first-order valence-corrected chi connectivity index (χ1v) is 4.47. The van der Waals surface area contributed by atoms with Gasteiger partial charge in [0.2, 0.25) is 0 Å². The topological polar surface area (TPSA) is 37.3 Å². The zero-order chi connectivity index (χ0) is 8.32.